The molecule has 3 heterocycles. The van der Waals surface area contributed by atoms with Gasteiger partial charge in [-0.25, -0.2) is 0 Å². The van der Waals surface area contributed by atoms with Crippen molar-refractivity contribution in [2.24, 2.45) is 5.92 Å². The first-order valence-corrected chi connectivity index (χ1v) is 12.9. The van der Waals surface area contributed by atoms with Crippen LogP contribution < -0.4 is 4.90 Å². The quantitative estimate of drug-likeness (QED) is 0.558. The molecule has 176 valence electrons. The summed E-state index contributed by atoms with van der Waals surface area (Å²) in [6.45, 7) is 8.35. The first-order chi connectivity index (χ1) is 16.5. The van der Waals surface area contributed by atoms with Crippen LogP contribution in [-0.2, 0) is 4.79 Å². The highest BCUT2D eigenvalue weighted by molar-refractivity contribution is 7.12. The SMILES string of the molecule is Cc1ccc([C@@H]2CN(C(=O)c3cccs3)C[C@H]2C(=O)N2CCN(c3ccccc3C)CC2)cc1. The first kappa shape index (κ1) is 22.7. The molecule has 5 nitrogen and oxygen atoms in total. The van der Waals surface area contributed by atoms with E-state index in [-0.39, 0.29) is 23.7 Å². The Morgan fingerprint density at radius 1 is 0.824 bits per heavy atom. The number of hydrogen-bond acceptors (Lipinski definition) is 4. The van der Waals surface area contributed by atoms with Gasteiger partial charge in [0.1, 0.15) is 0 Å². The number of likely N-dealkylation sites (tertiary alicyclic amines) is 1. The third-order valence-corrected chi connectivity index (χ3v) is 8.07. The lowest BCUT2D eigenvalue weighted by Gasteiger charge is -2.38. The summed E-state index contributed by atoms with van der Waals surface area (Å²) >= 11 is 1.46. The first-order valence-electron chi connectivity index (χ1n) is 12.0. The Kier molecular flexibility index (Phi) is 6.42. The highest BCUT2D eigenvalue weighted by atomic mass is 32.1. The molecule has 2 aliphatic heterocycles. The fraction of sp³-hybridized carbons (Fsp3) is 0.357. The Hall–Kier alpha value is -3.12. The van der Waals surface area contributed by atoms with Gasteiger partial charge in [-0.05, 0) is 42.5 Å². The van der Waals surface area contributed by atoms with E-state index >= 15 is 0 Å². The van der Waals surface area contributed by atoms with Gasteiger partial charge < -0.3 is 14.7 Å². The zero-order valence-electron chi connectivity index (χ0n) is 19.8. The average Bonchev–Trinajstić information content (AvgIpc) is 3.55. The molecule has 2 saturated heterocycles. The summed E-state index contributed by atoms with van der Waals surface area (Å²) in [5.74, 6) is 0.0197. The minimum absolute atomic E-state index is 0.0198. The Morgan fingerprint density at radius 2 is 1.56 bits per heavy atom. The zero-order valence-corrected chi connectivity index (χ0v) is 20.6. The van der Waals surface area contributed by atoms with Crippen molar-refractivity contribution < 1.29 is 9.59 Å². The van der Waals surface area contributed by atoms with Crippen LogP contribution in [0.5, 0.6) is 0 Å². The van der Waals surface area contributed by atoms with Gasteiger partial charge >= 0.3 is 0 Å². The standard InChI is InChI=1S/C28H31N3O2S/c1-20-9-11-22(12-10-20)23-18-31(28(33)26-8-5-17-34-26)19-24(23)27(32)30-15-13-29(14-16-30)25-7-4-3-6-21(25)2/h3-12,17,23-24H,13-16,18-19H2,1-2H3/t23-,24+/m0/s1. The van der Waals surface area contributed by atoms with E-state index in [9.17, 15) is 9.59 Å². The molecule has 34 heavy (non-hydrogen) atoms. The van der Waals surface area contributed by atoms with E-state index in [4.69, 9.17) is 0 Å². The van der Waals surface area contributed by atoms with Gasteiger partial charge in [0.2, 0.25) is 5.91 Å². The van der Waals surface area contributed by atoms with Crippen LogP contribution in [0.25, 0.3) is 0 Å². The second-order valence-electron chi connectivity index (χ2n) is 9.41. The lowest BCUT2D eigenvalue weighted by Crippen LogP contribution is -2.51. The Morgan fingerprint density at radius 3 is 2.24 bits per heavy atom. The fourth-order valence-electron chi connectivity index (χ4n) is 5.25. The number of amides is 2. The summed E-state index contributed by atoms with van der Waals surface area (Å²) in [4.78, 5) is 33.9. The predicted molar refractivity (Wildman–Crippen MR) is 138 cm³/mol. The van der Waals surface area contributed by atoms with Crippen LogP contribution in [0, 0.1) is 19.8 Å². The van der Waals surface area contributed by atoms with Crippen LogP contribution in [0.4, 0.5) is 5.69 Å². The van der Waals surface area contributed by atoms with E-state index in [0.717, 1.165) is 23.5 Å². The Labute approximate surface area is 205 Å². The van der Waals surface area contributed by atoms with E-state index in [0.29, 0.717) is 26.2 Å². The number of piperazine rings is 1. The van der Waals surface area contributed by atoms with E-state index in [2.05, 4.69) is 67.3 Å². The number of thiophene rings is 1. The minimum Gasteiger partial charge on any atom is -0.368 e. The number of anilines is 1. The summed E-state index contributed by atoms with van der Waals surface area (Å²) in [5, 5.41) is 1.93. The highest BCUT2D eigenvalue weighted by Crippen LogP contribution is 2.36. The lowest BCUT2D eigenvalue weighted by atomic mass is 9.87. The molecular weight excluding hydrogens is 442 g/mol. The second-order valence-corrected chi connectivity index (χ2v) is 10.4. The smallest absolute Gasteiger partial charge is 0.263 e. The van der Waals surface area contributed by atoms with Crippen LogP contribution in [0.3, 0.4) is 0 Å². The Bertz CT molecular complexity index is 1150. The lowest BCUT2D eigenvalue weighted by molar-refractivity contribution is -0.135. The number of rotatable bonds is 4. The van der Waals surface area contributed by atoms with Gasteiger partial charge in [-0.3, -0.25) is 9.59 Å². The van der Waals surface area contributed by atoms with Crippen LogP contribution in [0.15, 0.2) is 66.0 Å². The van der Waals surface area contributed by atoms with Gasteiger partial charge in [0.25, 0.3) is 5.91 Å². The molecule has 0 aliphatic carbocycles. The van der Waals surface area contributed by atoms with Crippen molar-refractivity contribution in [3.8, 4) is 0 Å². The Balaban J connectivity index is 1.33. The largest absolute Gasteiger partial charge is 0.368 e. The molecule has 2 amide bonds. The average molecular weight is 474 g/mol. The summed E-state index contributed by atoms with van der Waals surface area (Å²) < 4.78 is 0. The molecule has 1 aromatic heterocycles. The van der Waals surface area contributed by atoms with Gasteiger partial charge in [0.15, 0.2) is 0 Å². The maximum atomic E-state index is 13.8. The molecule has 2 aromatic carbocycles. The number of nitrogens with zero attached hydrogens (tertiary/aromatic N) is 3. The molecule has 0 saturated carbocycles. The highest BCUT2D eigenvalue weighted by Gasteiger charge is 2.42. The number of aryl methyl sites for hydroxylation is 2. The van der Waals surface area contributed by atoms with Gasteiger partial charge in [-0.1, -0.05) is 54.1 Å². The van der Waals surface area contributed by atoms with Crippen molar-refractivity contribution in [2.75, 3.05) is 44.2 Å². The molecule has 2 aliphatic rings. The van der Waals surface area contributed by atoms with Crippen molar-refractivity contribution in [1.29, 1.82) is 0 Å². The summed E-state index contributed by atoms with van der Waals surface area (Å²) in [7, 11) is 0. The van der Waals surface area contributed by atoms with Crippen molar-refractivity contribution in [1.82, 2.24) is 9.80 Å². The molecular formula is C28H31N3O2S. The van der Waals surface area contributed by atoms with Crippen molar-refractivity contribution in [2.45, 2.75) is 19.8 Å². The van der Waals surface area contributed by atoms with E-state index in [1.165, 1.54) is 28.2 Å². The second kappa shape index (κ2) is 9.63. The fourth-order valence-corrected chi connectivity index (χ4v) is 5.94. The zero-order chi connectivity index (χ0) is 23.7. The molecule has 0 bridgehead atoms. The molecule has 0 N–H and O–H groups in total. The third kappa shape index (κ3) is 4.47. The van der Waals surface area contributed by atoms with Crippen LogP contribution in [0.1, 0.15) is 32.3 Å². The third-order valence-electron chi connectivity index (χ3n) is 7.21. The van der Waals surface area contributed by atoms with Gasteiger partial charge in [-0.2, -0.15) is 0 Å². The van der Waals surface area contributed by atoms with E-state index in [1.807, 2.05) is 27.3 Å². The van der Waals surface area contributed by atoms with Crippen molar-refractivity contribution in [3.63, 3.8) is 0 Å². The summed E-state index contributed by atoms with van der Waals surface area (Å²) in [5.41, 5.74) is 4.85. The predicted octanol–water partition coefficient (Wildman–Crippen LogP) is 4.57. The molecule has 3 aromatic rings. The number of hydrogen-bond donors (Lipinski definition) is 0. The van der Waals surface area contributed by atoms with Crippen molar-refractivity contribution in [3.05, 3.63) is 87.6 Å². The maximum absolute atomic E-state index is 13.8. The molecule has 0 radical (unpaired) electrons. The maximum Gasteiger partial charge on any atom is 0.263 e. The van der Waals surface area contributed by atoms with Gasteiger partial charge in [0.05, 0.1) is 10.8 Å². The molecule has 0 spiro atoms. The molecule has 5 rings (SSSR count). The molecule has 2 atom stereocenters. The summed E-state index contributed by atoms with van der Waals surface area (Å²) in [6, 6.07) is 20.6. The molecule has 0 unspecified atom stereocenters. The number of para-hydroxylation sites is 1. The summed E-state index contributed by atoms with van der Waals surface area (Å²) in [6.07, 6.45) is 0. The van der Waals surface area contributed by atoms with Crippen LogP contribution in [-0.4, -0.2) is 60.9 Å². The van der Waals surface area contributed by atoms with Gasteiger partial charge in [-0.15, -0.1) is 11.3 Å². The van der Waals surface area contributed by atoms with Crippen LogP contribution in [0.2, 0.25) is 0 Å². The monoisotopic (exact) mass is 473 g/mol. The normalized spacial score (nSPS) is 20.6. The van der Waals surface area contributed by atoms with Crippen molar-refractivity contribution >= 4 is 28.8 Å². The van der Waals surface area contributed by atoms with E-state index < -0.39 is 0 Å². The van der Waals surface area contributed by atoms with Crippen LogP contribution >= 0.6 is 11.3 Å². The topological polar surface area (TPSA) is 43.9 Å². The molecule has 2 fully saturated rings. The van der Waals surface area contributed by atoms with Gasteiger partial charge in [0, 0.05) is 50.9 Å². The number of carbonyl (C=O) groups excluding carboxylic acids is 2. The minimum atomic E-state index is -0.211. The number of benzene rings is 2. The number of carbonyl (C=O) groups is 2. The molecule has 6 heteroatoms. The van der Waals surface area contributed by atoms with E-state index in [1.54, 1.807) is 0 Å².